The number of carbonyl (C=O) groups excluding carboxylic acids is 1. The monoisotopic (exact) mass is 470 g/mol. The topological polar surface area (TPSA) is 156 Å². The van der Waals surface area contributed by atoms with Gasteiger partial charge in [-0.1, -0.05) is 26.3 Å². The summed E-state index contributed by atoms with van der Waals surface area (Å²) >= 11 is 0. The van der Waals surface area contributed by atoms with Crippen molar-refractivity contribution in [1.29, 1.82) is 5.26 Å². The van der Waals surface area contributed by atoms with Crippen LogP contribution >= 0.6 is 0 Å². The molecule has 0 saturated heterocycles. The first kappa shape index (κ1) is 28.1. The third-order valence-corrected chi connectivity index (χ3v) is 5.25. The average molecular weight is 471 g/mol. The van der Waals surface area contributed by atoms with Gasteiger partial charge in [-0.3, -0.25) is 4.79 Å². The number of hydrogen-bond donors (Lipinski definition) is 3. The van der Waals surface area contributed by atoms with Gasteiger partial charge in [-0.15, -0.1) is 0 Å². The summed E-state index contributed by atoms with van der Waals surface area (Å²) in [4.78, 5) is 10.4. The summed E-state index contributed by atoms with van der Waals surface area (Å²) in [6, 6.07) is 10.5. The number of rotatable bonds is 9. The van der Waals surface area contributed by atoms with Crippen molar-refractivity contribution in [3.63, 3.8) is 0 Å². The van der Waals surface area contributed by atoms with E-state index in [9.17, 15) is 10.1 Å². The van der Waals surface area contributed by atoms with E-state index in [1.165, 1.54) is 21.3 Å². The number of amides is 1. The molecule has 34 heavy (non-hydrogen) atoms. The zero-order valence-electron chi connectivity index (χ0n) is 20.5. The lowest BCUT2D eigenvalue weighted by atomic mass is 10.00. The normalized spacial score (nSPS) is 12.4. The van der Waals surface area contributed by atoms with E-state index in [0.29, 0.717) is 39.8 Å². The van der Waals surface area contributed by atoms with Gasteiger partial charge in [0, 0.05) is 0 Å². The van der Waals surface area contributed by atoms with E-state index in [2.05, 4.69) is 6.07 Å². The Kier molecular flexibility index (Phi) is 11.3. The highest BCUT2D eigenvalue weighted by molar-refractivity contribution is 5.91. The maximum Gasteiger partial charge on any atom is 0.234 e. The molecule has 0 aliphatic carbocycles. The largest absolute Gasteiger partial charge is 0.495 e. The molecule has 0 saturated carbocycles. The average Bonchev–Trinajstić information content (AvgIpc) is 2.85. The number of benzene rings is 2. The molecule has 0 spiro atoms. The molecule has 0 heterocycles. The number of anilines is 1. The standard InChI is InChI=1S/C19H20N2O4.C6H14N2O/c1-22-16-6-5-12(8-15(16)21)7-14(11-20)13-9-17(23-2)19(25-4)18(10-13)24-3;1-3-4(2)5(7)6(8)9/h5-10H,21H2,1-4H3;4-5H,3,7H2,1-2H3,(H2,8,9)/b14-7-;/t;4-,5-/m.1/s1. The Balaban J connectivity index is 0.000000546. The third-order valence-electron chi connectivity index (χ3n) is 5.25. The van der Waals surface area contributed by atoms with Crippen molar-refractivity contribution >= 4 is 23.2 Å². The zero-order valence-corrected chi connectivity index (χ0v) is 20.5. The number of hydrogen-bond acceptors (Lipinski definition) is 8. The van der Waals surface area contributed by atoms with Crippen LogP contribution in [0.2, 0.25) is 0 Å². The van der Waals surface area contributed by atoms with Gasteiger partial charge in [0.15, 0.2) is 11.5 Å². The summed E-state index contributed by atoms with van der Waals surface area (Å²) in [5.74, 6) is 1.80. The number of allylic oxidation sites excluding steroid dienone is 1. The Morgan fingerprint density at radius 2 is 1.59 bits per heavy atom. The Morgan fingerprint density at radius 3 is 1.94 bits per heavy atom. The fraction of sp³-hybridized carbons (Fsp3) is 0.360. The maximum atomic E-state index is 10.4. The summed E-state index contributed by atoms with van der Waals surface area (Å²) in [6.07, 6.45) is 2.63. The number of methoxy groups -OCH3 is 4. The van der Waals surface area contributed by atoms with Crippen LogP contribution in [0, 0.1) is 17.2 Å². The molecular weight excluding hydrogens is 436 g/mol. The minimum absolute atomic E-state index is 0.197. The second kappa shape index (κ2) is 13.6. The summed E-state index contributed by atoms with van der Waals surface area (Å²) in [5.41, 5.74) is 18.6. The van der Waals surface area contributed by atoms with Crippen LogP contribution in [0.1, 0.15) is 31.4 Å². The molecule has 2 aromatic carbocycles. The molecule has 0 aliphatic rings. The van der Waals surface area contributed by atoms with Gasteiger partial charge in [-0.05, 0) is 47.4 Å². The van der Waals surface area contributed by atoms with Gasteiger partial charge >= 0.3 is 0 Å². The van der Waals surface area contributed by atoms with E-state index in [4.69, 9.17) is 36.1 Å². The van der Waals surface area contributed by atoms with Gasteiger partial charge in [0.1, 0.15) is 5.75 Å². The van der Waals surface area contributed by atoms with E-state index >= 15 is 0 Å². The molecule has 1 amide bonds. The minimum atomic E-state index is -0.477. The molecule has 0 fully saturated rings. The molecule has 0 aromatic heterocycles. The van der Waals surface area contributed by atoms with E-state index in [1.54, 1.807) is 37.5 Å². The SMILES string of the molecule is CC[C@@H](C)[C@@H](N)C(N)=O.COc1ccc(/C=C(/C#N)c2cc(OC)c(OC)c(OC)c2)cc1N. The van der Waals surface area contributed by atoms with Crippen molar-refractivity contribution in [2.75, 3.05) is 34.2 Å². The van der Waals surface area contributed by atoms with Crippen LogP contribution in [0.25, 0.3) is 11.6 Å². The first-order valence-corrected chi connectivity index (χ1v) is 10.6. The fourth-order valence-electron chi connectivity index (χ4n) is 2.96. The Morgan fingerprint density at radius 1 is 1.03 bits per heavy atom. The quantitative estimate of drug-likeness (QED) is 0.286. The van der Waals surface area contributed by atoms with Gasteiger partial charge in [0.25, 0.3) is 0 Å². The van der Waals surface area contributed by atoms with E-state index < -0.39 is 11.9 Å². The molecule has 9 heteroatoms. The number of nitriles is 1. The van der Waals surface area contributed by atoms with Crippen LogP contribution in [-0.2, 0) is 4.79 Å². The Labute approximate surface area is 201 Å². The van der Waals surface area contributed by atoms with Crippen LogP contribution < -0.4 is 36.1 Å². The molecule has 0 aliphatic heterocycles. The third kappa shape index (κ3) is 7.32. The summed E-state index contributed by atoms with van der Waals surface area (Å²) in [6.45, 7) is 3.89. The molecule has 2 rings (SSSR count). The minimum Gasteiger partial charge on any atom is -0.495 e. The predicted molar refractivity (Wildman–Crippen MR) is 134 cm³/mol. The van der Waals surface area contributed by atoms with Gasteiger partial charge in [-0.25, -0.2) is 0 Å². The number of ether oxygens (including phenoxy) is 4. The molecule has 0 unspecified atom stereocenters. The molecule has 0 radical (unpaired) electrons. The Hall–Kier alpha value is -3.90. The van der Waals surface area contributed by atoms with Crippen LogP contribution in [0.15, 0.2) is 30.3 Å². The fourth-order valence-corrected chi connectivity index (χ4v) is 2.96. The summed E-state index contributed by atoms with van der Waals surface area (Å²) in [7, 11) is 6.14. The first-order valence-electron chi connectivity index (χ1n) is 10.6. The number of primary amides is 1. The molecule has 184 valence electrons. The van der Waals surface area contributed by atoms with E-state index in [-0.39, 0.29) is 5.92 Å². The highest BCUT2D eigenvalue weighted by Gasteiger charge is 2.16. The van der Waals surface area contributed by atoms with Crippen molar-refractivity contribution in [2.45, 2.75) is 26.3 Å². The second-order valence-corrected chi connectivity index (χ2v) is 7.40. The highest BCUT2D eigenvalue weighted by Crippen LogP contribution is 2.40. The number of nitrogen functional groups attached to an aromatic ring is 1. The summed E-state index contributed by atoms with van der Waals surface area (Å²) in [5, 5.41) is 9.58. The van der Waals surface area contributed by atoms with Gasteiger partial charge in [-0.2, -0.15) is 5.26 Å². The molecule has 9 nitrogen and oxygen atoms in total. The molecular formula is C25H34N4O5. The van der Waals surface area contributed by atoms with Crippen LogP contribution in [-0.4, -0.2) is 40.4 Å². The second-order valence-electron chi connectivity index (χ2n) is 7.40. The van der Waals surface area contributed by atoms with Gasteiger partial charge in [0.2, 0.25) is 11.7 Å². The highest BCUT2D eigenvalue weighted by atomic mass is 16.5. The van der Waals surface area contributed by atoms with Crippen LogP contribution in [0.3, 0.4) is 0 Å². The van der Waals surface area contributed by atoms with Gasteiger partial charge in [0.05, 0.1) is 51.8 Å². The van der Waals surface area contributed by atoms with Crippen LogP contribution in [0.5, 0.6) is 23.0 Å². The number of carbonyl (C=O) groups is 1. The molecule has 2 atom stereocenters. The van der Waals surface area contributed by atoms with Crippen molar-refractivity contribution in [1.82, 2.24) is 0 Å². The smallest absolute Gasteiger partial charge is 0.234 e. The zero-order chi connectivity index (χ0) is 25.8. The lowest BCUT2D eigenvalue weighted by molar-refractivity contribution is -0.120. The number of nitrogens with zero attached hydrogens (tertiary/aromatic N) is 1. The lowest BCUT2D eigenvalue weighted by Gasteiger charge is -2.14. The van der Waals surface area contributed by atoms with Crippen molar-refractivity contribution < 1.29 is 23.7 Å². The first-order chi connectivity index (χ1) is 16.2. The molecule has 0 bridgehead atoms. The van der Waals surface area contributed by atoms with Crippen LogP contribution in [0.4, 0.5) is 5.69 Å². The van der Waals surface area contributed by atoms with Crippen molar-refractivity contribution in [2.24, 2.45) is 17.4 Å². The van der Waals surface area contributed by atoms with E-state index in [1.807, 2.05) is 19.9 Å². The lowest BCUT2D eigenvalue weighted by Crippen LogP contribution is -2.41. The summed E-state index contributed by atoms with van der Waals surface area (Å²) < 4.78 is 21.1. The van der Waals surface area contributed by atoms with Gasteiger partial charge < -0.3 is 36.1 Å². The number of nitrogens with two attached hydrogens (primary N) is 3. The van der Waals surface area contributed by atoms with Crippen molar-refractivity contribution in [3.05, 3.63) is 41.5 Å². The Bertz CT molecular complexity index is 1020. The van der Waals surface area contributed by atoms with E-state index in [0.717, 1.165) is 12.0 Å². The maximum absolute atomic E-state index is 10.4. The molecule has 2 aromatic rings. The van der Waals surface area contributed by atoms with Crippen molar-refractivity contribution in [3.8, 4) is 29.1 Å². The predicted octanol–water partition coefficient (Wildman–Crippen LogP) is 3.21. The molecule has 6 N–H and O–H groups in total.